The second-order valence-corrected chi connectivity index (χ2v) is 15.1. The van der Waals surface area contributed by atoms with Crippen molar-refractivity contribution in [2.24, 2.45) is 21.1 Å². The van der Waals surface area contributed by atoms with Crippen molar-refractivity contribution >= 4 is 25.3 Å². The summed E-state index contributed by atoms with van der Waals surface area (Å²) in [5.74, 6) is 0. The summed E-state index contributed by atoms with van der Waals surface area (Å²) >= 11 is 9.72. The lowest BCUT2D eigenvalue weighted by Gasteiger charge is -2.24. The van der Waals surface area contributed by atoms with Crippen molar-refractivity contribution in [3.05, 3.63) is 83.2 Å². The van der Waals surface area contributed by atoms with Crippen molar-refractivity contribution in [1.82, 2.24) is 0 Å². The van der Waals surface area contributed by atoms with Gasteiger partial charge < -0.3 is 0 Å². The van der Waals surface area contributed by atoms with E-state index in [1.165, 1.54) is 73.6 Å². The van der Waals surface area contributed by atoms with Crippen LogP contribution in [0.15, 0.2) is 92.1 Å². The summed E-state index contributed by atoms with van der Waals surface area (Å²) in [4.78, 5) is 2.01. The van der Waals surface area contributed by atoms with Gasteiger partial charge in [-0.25, -0.2) is 0 Å². The summed E-state index contributed by atoms with van der Waals surface area (Å²) in [5, 5.41) is 10.8. The Morgan fingerprint density at radius 3 is 1.41 bits per heavy atom. The normalized spacial score (nSPS) is 25.2. The van der Waals surface area contributed by atoms with E-state index < -0.39 is 5.66 Å². The van der Waals surface area contributed by atoms with Crippen LogP contribution in [-0.4, -0.2) is 15.1 Å². The summed E-state index contributed by atoms with van der Waals surface area (Å²) in [5.41, 5.74) is 5.37. The maximum absolute atomic E-state index is 5.39. The van der Waals surface area contributed by atoms with E-state index in [1.807, 2.05) is 0 Å². The van der Waals surface area contributed by atoms with Gasteiger partial charge in [-0.2, -0.15) is 0 Å². The molecule has 0 N–H and O–H groups in total. The predicted molar refractivity (Wildman–Crippen MR) is 171 cm³/mol. The molecule has 0 aromatic heterocycles. The Hall–Kier alpha value is -2.18. The van der Waals surface area contributed by atoms with Crippen LogP contribution < -0.4 is 0 Å². The monoisotopic (exact) mass is 586 g/mol. The van der Waals surface area contributed by atoms with Crippen LogP contribution in [-0.2, 0) is 0 Å². The molecule has 41 heavy (non-hydrogen) atoms. The highest BCUT2D eigenvalue weighted by atomic mass is 32.1. The zero-order valence-corrected chi connectivity index (χ0v) is 27.0. The fourth-order valence-corrected chi connectivity index (χ4v) is 8.23. The highest BCUT2D eigenvalue weighted by Gasteiger charge is 2.52. The van der Waals surface area contributed by atoms with E-state index in [9.17, 15) is 0 Å². The van der Waals surface area contributed by atoms with Crippen LogP contribution in [0.2, 0.25) is 0 Å². The standard InChI is InChI=1S/C35H44N4S2/c1-33(2,38-23-25(21-34(3)17-9-10-18-34)31(36-38)27-13-5-7-15-29(27)40)39-24-26(22-35(4)19-11-12-20-35)32(37-39)28-14-6-8-16-30(28)41/h5-8,13-16,23-24,31-32H,9-12,17-22H2,1-4H3/p+2. The molecule has 6 heteroatoms. The molecule has 2 fully saturated rings. The Balaban J connectivity index is 1.38. The van der Waals surface area contributed by atoms with Crippen LogP contribution in [0.3, 0.4) is 0 Å². The van der Waals surface area contributed by atoms with Crippen LogP contribution in [0.25, 0.3) is 0 Å². The molecule has 2 atom stereocenters. The number of thiol groups is 2. The minimum absolute atomic E-state index is 0.0159. The Kier molecular flexibility index (Phi) is 7.86. The summed E-state index contributed by atoms with van der Waals surface area (Å²) < 4.78 is 4.38. The van der Waals surface area contributed by atoms with Crippen molar-refractivity contribution in [2.45, 2.75) is 119 Å². The van der Waals surface area contributed by atoms with Crippen molar-refractivity contribution < 1.29 is 9.39 Å². The highest BCUT2D eigenvalue weighted by Crippen LogP contribution is 2.50. The molecule has 216 valence electrons. The summed E-state index contributed by atoms with van der Waals surface area (Å²) in [6, 6.07) is 16.9. The largest absolute Gasteiger partial charge is 0.401 e. The lowest BCUT2D eigenvalue weighted by Crippen LogP contribution is -2.40. The highest BCUT2D eigenvalue weighted by molar-refractivity contribution is 7.80. The van der Waals surface area contributed by atoms with Crippen LogP contribution in [0.4, 0.5) is 0 Å². The maximum Gasteiger partial charge on any atom is 0.401 e. The van der Waals surface area contributed by atoms with Gasteiger partial charge in [0.2, 0.25) is 12.4 Å². The topological polar surface area (TPSA) is 30.7 Å². The summed E-state index contributed by atoms with van der Waals surface area (Å²) in [7, 11) is 0. The zero-order chi connectivity index (χ0) is 28.8. The second-order valence-electron chi connectivity index (χ2n) is 14.1. The molecule has 2 heterocycles. The van der Waals surface area contributed by atoms with Crippen molar-refractivity contribution in [3.8, 4) is 0 Å². The molecule has 2 aliphatic carbocycles. The molecule has 0 bridgehead atoms. The minimum Gasteiger partial charge on any atom is -0.143 e. The molecular formula is C35H46N4S2+2. The molecule has 4 aliphatic rings. The molecule has 0 amide bonds. The first-order valence-corrected chi connectivity index (χ1v) is 16.4. The third-order valence-electron chi connectivity index (χ3n) is 10.2. The van der Waals surface area contributed by atoms with Gasteiger partial charge in [0, 0.05) is 32.1 Å². The number of hydrogen-bond acceptors (Lipinski definition) is 4. The van der Waals surface area contributed by atoms with Gasteiger partial charge in [-0.3, -0.25) is 0 Å². The number of hydrogen-bond donors (Lipinski definition) is 2. The van der Waals surface area contributed by atoms with Crippen LogP contribution in [0, 0.1) is 10.8 Å². The van der Waals surface area contributed by atoms with Crippen molar-refractivity contribution in [2.75, 3.05) is 0 Å². The Morgan fingerprint density at radius 1 is 0.683 bits per heavy atom. The van der Waals surface area contributed by atoms with E-state index >= 15 is 0 Å². The molecule has 6 rings (SSSR count). The van der Waals surface area contributed by atoms with Crippen molar-refractivity contribution in [3.63, 3.8) is 0 Å². The molecule has 2 saturated carbocycles. The third kappa shape index (κ3) is 5.76. The van der Waals surface area contributed by atoms with Crippen LogP contribution in [0.1, 0.15) is 115 Å². The van der Waals surface area contributed by atoms with E-state index in [4.69, 9.17) is 35.5 Å². The second kappa shape index (κ2) is 11.1. The van der Waals surface area contributed by atoms with E-state index in [0.717, 1.165) is 22.6 Å². The molecular weight excluding hydrogens is 541 g/mol. The molecule has 0 spiro atoms. The van der Waals surface area contributed by atoms with E-state index in [-0.39, 0.29) is 12.1 Å². The zero-order valence-electron chi connectivity index (χ0n) is 25.2. The average molecular weight is 587 g/mol. The van der Waals surface area contributed by atoms with Crippen LogP contribution in [0.5, 0.6) is 0 Å². The van der Waals surface area contributed by atoms with Gasteiger partial charge >= 0.3 is 5.66 Å². The van der Waals surface area contributed by atoms with Gasteiger partial charge in [0.25, 0.3) is 0 Å². The molecule has 0 saturated heterocycles. The Labute approximate surface area is 257 Å². The minimum atomic E-state index is -0.468. The SMILES string of the molecule is CC1(CC2=C[N+](C(C)(C)[N+]3=NC(c4ccccc4S)C(CC4(C)CCCC4)=C3)=NC2c2ccccc2S)CCCC1. The number of nitrogens with zero attached hydrogens (tertiary/aromatic N) is 4. The summed E-state index contributed by atoms with van der Waals surface area (Å²) in [6.07, 6.45) is 17.3. The fraction of sp³-hybridized carbons (Fsp3) is 0.543. The molecule has 4 nitrogen and oxygen atoms in total. The van der Waals surface area contributed by atoms with Gasteiger partial charge in [0.05, 0.1) is 13.8 Å². The van der Waals surface area contributed by atoms with Gasteiger partial charge in [-0.15, -0.1) is 25.3 Å². The maximum atomic E-state index is 5.39. The number of azo groups is 4. The van der Waals surface area contributed by atoms with Crippen LogP contribution >= 0.6 is 25.3 Å². The quantitative estimate of drug-likeness (QED) is 0.228. The lowest BCUT2D eigenvalue weighted by atomic mass is 9.79. The fourth-order valence-electron chi connectivity index (χ4n) is 7.66. The predicted octanol–water partition coefficient (Wildman–Crippen LogP) is 10.4. The Morgan fingerprint density at radius 2 is 1.05 bits per heavy atom. The molecule has 0 radical (unpaired) electrons. The Bertz CT molecular complexity index is 1330. The van der Waals surface area contributed by atoms with E-state index in [0.29, 0.717) is 10.8 Å². The summed E-state index contributed by atoms with van der Waals surface area (Å²) in [6.45, 7) is 9.43. The first-order valence-electron chi connectivity index (χ1n) is 15.5. The molecule has 2 aromatic carbocycles. The van der Waals surface area contributed by atoms with Gasteiger partial charge in [0.15, 0.2) is 12.1 Å². The van der Waals surface area contributed by atoms with Gasteiger partial charge in [-0.05, 0) is 81.1 Å². The lowest BCUT2D eigenvalue weighted by molar-refractivity contribution is -0.820. The third-order valence-corrected chi connectivity index (χ3v) is 11.0. The van der Waals surface area contributed by atoms with Crippen molar-refractivity contribution in [1.29, 1.82) is 0 Å². The first kappa shape index (κ1) is 28.9. The van der Waals surface area contributed by atoms with Gasteiger partial charge in [-0.1, -0.05) is 75.9 Å². The smallest absolute Gasteiger partial charge is 0.143 e. The van der Waals surface area contributed by atoms with E-state index in [2.05, 4.69) is 98.0 Å². The first-order chi connectivity index (χ1) is 19.6. The van der Waals surface area contributed by atoms with Gasteiger partial charge in [0.1, 0.15) is 0 Å². The molecule has 2 unspecified atom stereocenters. The molecule has 2 aromatic rings. The number of rotatable bonds is 8. The molecule has 2 aliphatic heterocycles. The number of benzene rings is 2. The average Bonchev–Trinajstić information content (AvgIpc) is 3.73. The van der Waals surface area contributed by atoms with E-state index in [1.54, 1.807) is 0 Å².